The number of carbonyl (C=O) groups excluding carboxylic acids is 1. The number of rotatable bonds is 5. The van der Waals surface area contributed by atoms with Crippen molar-refractivity contribution < 1.29 is 13.8 Å². The third-order valence-corrected chi connectivity index (χ3v) is 6.34. The summed E-state index contributed by atoms with van der Waals surface area (Å²) in [6, 6.07) is 12.2. The maximum absolute atomic E-state index is 12.6. The van der Waals surface area contributed by atoms with Gasteiger partial charge in [-0.15, -0.1) is 0 Å². The second kappa shape index (κ2) is 7.36. The van der Waals surface area contributed by atoms with Crippen LogP contribution in [0.25, 0.3) is 0 Å². The molecule has 1 saturated heterocycles. The van der Waals surface area contributed by atoms with Crippen molar-refractivity contribution in [2.75, 3.05) is 13.1 Å². The quantitative estimate of drug-likeness (QED) is 0.694. The predicted molar refractivity (Wildman–Crippen MR) is 108 cm³/mol. The first-order chi connectivity index (χ1) is 14.5. The van der Waals surface area contributed by atoms with Crippen LogP contribution in [0, 0.1) is 19.8 Å². The van der Waals surface area contributed by atoms with Gasteiger partial charge in [0.25, 0.3) is 5.91 Å². The van der Waals surface area contributed by atoms with Crippen LogP contribution in [0.4, 0.5) is 0 Å². The number of nitrogens with zero attached hydrogens (tertiary/aromatic N) is 4. The number of hydrogen-bond donors (Lipinski definition) is 1. The van der Waals surface area contributed by atoms with Gasteiger partial charge in [-0.3, -0.25) is 9.69 Å². The largest absolute Gasteiger partial charge is 0.361 e. The van der Waals surface area contributed by atoms with Crippen molar-refractivity contribution in [3.05, 3.63) is 65.1 Å². The van der Waals surface area contributed by atoms with Gasteiger partial charge in [0.15, 0.2) is 11.5 Å². The summed E-state index contributed by atoms with van der Waals surface area (Å²) < 4.78 is 10.7. The van der Waals surface area contributed by atoms with Crippen molar-refractivity contribution in [3.63, 3.8) is 0 Å². The molecular formula is C22H25N5O3. The molecule has 5 rings (SSSR count). The van der Waals surface area contributed by atoms with Crippen LogP contribution in [0.5, 0.6) is 0 Å². The third kappa shape index (κ3) is 3.41. The molecule has 2 aromatic heterocycles. The van der Waals surface area contributed by atoms with Crippen LogP contribution in [0.15, 0.2) is 45.4 Å². The highest BCUT2D eigenvalue weighted by atomic mass is 16.5. The van der Waals surface area contributed by atoms with Gasteiger partial charge in [-0.25, -0.2) is 0 Å². The number of carbonyl (C=O) groups is 1. The van der Waals surface area contributed by atoms with Crippen LogP contribution in [0.1, 0.15) is 46.4 Å². The number of aryl methyl sites for hydroxylation is 2. The van der Waals surface area contributed by atoms with Crippen molar-refractivity contribution in [1.29, 1.82) is 0 Å². The maximum atomic E-state index is 12.6. The Bertz CT molecular complexity index is 1050. The Balaban J connectivity index is 1.35. The normalized spacial score (nSPS) is 26.1. The number of likely N-dealkylation sites (tertiary alicyclic amines) is 1. The highest BCUT2D eigenvalue weighted by Gasteiger charge is 2.57. The Kier molecular flexibility index (Phi) is 4.66. The molecule has 3 heterocycles. The van der Waals surface area contributed by atoms with E-state index in [1.54, 1.807) is 13.0 Å². The summed E-state index contributed by atoms with van der Waals surface area (Å²) in [5.41, 5.74) is 1.37. The molecule has 8 nitrogen and oxygen atoms in total. The van der Waals surface area contributed by atoms with Crippen molar-refractivity contribution in [3.8, 4) is 0 Å². The molecule has 1 aliphatic heterocycles. The summed E-state index contributed by atoms with van der Waals surface area (Å²) in [4.78, 5) is 19.6. The summed E-state index contributed by atoms with van der Waals surface area (Å²) in [6.07, 6.45) is 1.64. The number of fused-ring (bicyclic) bond motifs is 1. The Morgan fingerprint density at radius 1 is 1.23 bits per heavy atom. The zero-order valence-corrected chi connectivity index (χ0v) is 17.2. The van der Waals surface area contributed by atoms with Gasteiger partial charge < -0.3 is 14.4 Å². The molecule has 1 aliphatic carbocycles. The van der Waals surface area contributed by atoms with E-state index < -0.39 is 0 Å². The van der Waals surface area contributed by atoms with Crippen LogP contribution in [-0.4, -0.2) is 45.2 Å². The van der Waals surface area contributed by atoms with Crippen LogP contribution < -0.4 is 5.32 Å². The van der Waals surface area contributed by atoms with E-state index in [0.717, 1.165) is 32.5 Å². The molecule has 30 heavy (non-hydrogen) atoms. The molecule has 3 unspecified atom stereocenters. The van der Waals surface area contributed by atoms with E-state index in [2.05, 4.69) is 49.8 Å². The van der Waals surface area contributed by atoms with Gasteiger partial charge in [-0.05, 0) is 38.2 Å². The number of amides is 1. The molecule has 1 aromatic carbocycles. The lowest BCUT2D eigenvalue weighted by atomic mass is 9.80. The fraction of sp³-hybridized carbons (Fsp3) is 0.455. The van der Waals surface area contributed by atoms with Gasteiger partial charge in [0.2, 0.25) is 5.89 Å². The molecule has 0 spiro atoms. The summed E-state index contributed by atoms with van der Waals surface area (Å²) in [6.45, 7) is 6.28. The first-order valence-corrected chi connectivity index (χ1v) is 10.3. The van der Waals surface area contributed by atoms with Gasteiger partial charge >= 0.3 is 0 Å². The molecule has 156 valence electrons. The molecule has 8 heteroatoms. The second-order valence-corrected chi connectivity index (χ2v) is 8.59. The average molecular weight is 407 g/mol. The average Bonchev–Trinajstić information content (AvgIpc) is 3.46. The summed E-state index contributed by atoms with van der Waals surface area (Å²) in [5.74, 6) is 2.10. The Hall–Kier alpha value is -3.00. The molecule has 2 aliphatic rings. The third-order valence-electron chi connectivity index (χ3n) is 6.34. The van der Waals surface area contributed by atoms with E-state index in [1.165, 1.54) is 5.56 Å². The molecule has 1 saturated carbocycles. The molecule has 3 aromatic rings. The van der Waals surface area contributed by atoms with E-state index >= 15 is 0 Å². The SMILES string of the molecule is Cc1noc(C23CC(NC(=O)c4cc(C)on4)CC2CN(Cc2ccccc2)C3)n1. The maximum Gasteiger partial charge on any atom is 0.273 e. The van der Waals surface area contributed by atoms with Crippen molar-refractivity contribution in [1.82, 2.24) is 25.5 Å². The fourth-order valence-electron chi connectivity index (χ4n) is 5.11. The summed E-state index contributed by atoms with van der Waals surface area (Å²) in [5, 5.41) is 11.0. The van der Waals surface area contributed by atoms with Gasteiger partial charge in [-0.2, -0.15) is 4.98 Å². The minimum atomic E-state index is -0.242. The molecular weight excluding hydrogens is 382 g/mol. The minimum Gasteiger partial charge on any atom is -0.361 e. The minimum absolute atomic E-state index is 0.0330. The lowest BCUT2D eigenvalue weighted by Gasteiger charge is -2.25. The number of benzene rings is 1. The van der Waals surface area contributed by atoms with Gasteiger partial charge in [0.1, 0.15) is 5.76 Å². The summed E-state index contributed by atoms with van der Waals surface area (Å²) in [7, 11) is 0. The molecule has 2 fully saturated rings. The van der Waals surface area contributed by atoms with E-state index in [0.29, 0.717) is 29.1 Å². The lowest BCUT2D eigenvalue weighted by molar-refractivity contribution is 0.0924. The van der Waals surface area contributed by atoms with Crippen molar-refractivity contribution >= 4 is 5.91 Å². The van der Waals surface area contributed by atoms with E-state index in [1.807, 2.05) is 13.0 Å². The van der Waals surface area contributed by atoms with E-state index in [-0.39, 0.29) is 17.4 Å². The van der Waals surface area contributed by atoms with E-state index in [9.17, 15) is 4.79 Å². The highest BCUT2D eigenvalue weighted by Crippen LogP contribution is 2.50. The number of aromatic nitrogens is 3. The molecule has 1 N–H and O–H groups in total. The standard InChI is InChI=1S/C22H25N5O3/c1-14-8-19(26-29-14)20(28)24-18-9-17-12-27(11-16-6-4-3-5-7-16)13-22(17,10-18)21-23-15(2)25-30-21/h3-8,17-18H,9-13H2,1-2H3,(H,24,28). The smallest absolute Gasteiger partial charge is 0.273 e. The molecule has 3 atom stereocenters. The fourth-order valence-corrected chi connectivity index (χ4v) is 5.11. The number of nitrogens with one attached hydrogen (secondary N) is 1. The van der Waals surface area contributed by atoms with Crippen molar-refractivity contribution in [2.24, 2.45) is 5.92 Å². The van der Waals surface area contributed by atoms with Crippen LogP contribution in [0.2, 0.25) is 0 Å². The Morgan fingerprint density at radius 2 is 2.07 bits per heavy atom. The molecule has 0 radical (unpaired) electrons. The van der Waals surface area contributed by atoms with Crippen molar-refractivity contribution in [2.45, 2.75) is 44.7 Å². The van der Waals surface area contributed by atoms with Gasteiger partial charge in [0, 0.05) is 31.7 Å². The first-order valence-electron chi connectivity index (χ1n) is 10.3. The summed E-state index contributed by atoms with van der Waals surface area (Å²) >= 11 is 0. The molecule has 1 amide bonds. The van der Waals surface area contributed by atoms with Crippen LogP contribution in [0.3, 0.4) is 0 Å². The zero-order chi connectivity index (χ0) is 20.7. The molecule has 0 bridgehead atoms. The van der Waals surface area contributed by atoms with Gasteiger partial charge in [-0.1, -0.05) is 40.6 Å². The lowest BCUT2D eigenvalue weighted by Crippen LogP contribution is -2.38. The van der Waals surface area contributed by atoms with Gasteiger partial charge in [0.05, 0.1) is 5.41 Å². The first kappa shape index (κ1) is 19.0. The second-order valence-electron chi connectivity index (χ2n) is 8.59. The highest BCUT2D eigenvalue weighted by molar-refractivity contribution is 5.92. The number of hydrogen-bond acceptors (Lipinski definition) is 7. The van der Waals surface area contributed by atoms with Crippen LogP contribution in [-0.2, 0) is 12.0 Å². The Labute approximate surface area is 174 Å². The topological polar surface area (TPSA) is 97.3 Å². The predicted octanol–water partition coefficient (Wildman–Crippen LogP) is 2.64. The monoisotopic (exact) mass is 407 g/mol. The van der Waals surface area contributed by atoms with Crippen LogP contribution >= 0.6 is 0 Å². The Morgan fingerprint density at radius 3 is 2.77 bits per heavy atom. The van der Waals surface area contributed by atoms with E-state index in [4.69, 9.17) is 9.05 Å². The zero-order valence-electron chi connectivity index (χ0n) is 17.2.